The first-order valence-corrected chi connectivity index (χ1v) is 6.01. The zero-order valence-electron chi connectivity index (χ0n) is 5.28. The lowest BCUT2D eigenvalue weighted by Crippen LogP contribution is -2.14. The molecule has 40 valence electrons. The van der Waals surface area contributed by atoms with Crippen molar-refractivity contribution in [1.82, 2.24) is 0 Å². The molecule has 1 heteroatoms. The standard InChI is InChI=1S/C6H12Si/c1-5-6-7(2,3)4/h6H,1H2,2-4H3. The van der Waals surface area contributed by atoms with Crippen LogP contribution in [0, 0.1) is 0 Å². The van der Waals surface area contributed by atoms with Crippen molar-refractivity contribution in [2.75, 3.05) is 0 Å². The first-order chi connectivity index (χ1) is 3.06. The molecule has 0 spiro atoms. The van der Waals surface area contributed by atoms with Gasteiger partial charge in [0.2, 0.25) is 0 Å². The summed E-state index contributed by atoms with van der Waals surface area (Å²) in [7, 11) is -0.956. The van der Waals surface area contributed by atoms with Crippen LogP contribution in [-0.4, -0.2) is 8.07 Å². The van der Waals surface area contributed by atoms with Crippen molar-refractivity contribution in [3.05, 3.63) is 18.0 Å². The van der Waals surface area contributed by atoms with E-state index >= 15 is 0 Å². The summed E-state index contributed by atoms with van der Waals surface area (Å²) in [6, 6.07) is 0. The van der Waals surface area contributed by atoms with E-state index in [0.717, 1.165) is 0 Å². The summed E-state index contributed by atoms with van der Waals surface area (Å²) in [6.07, 6.45) is 0. The Labute approximate surface area is 46.6 Å². The molecule has 0 aliphatic rings. The second-order valence-corrected chi connectivity index (χ2v) is 7.74. The molecule has 0 heterocycles. The molecule has 0 amide bonds. The Kier molecular flexibility index (Phi) is 2.07. The number of rotatable bonds is 1. The Balaban J connectivity index is 3.80. The lowest BCUT2D eigenvalue weighted by atomic mass is 11.0. The monoisotopic (exact) mass is 112 g/mol. The minimum Gasteiger partial charge on any atom is -0.137 e. The van der Waals surface area contributed by atoms with Crippen molar-refractivity contribution < 1.29 is 0 Å². The predicted octanol–water partition coefficient (Wildman–Crippen LogP) is 2.20. The maximum absolute atomic E-state index is 3.50. The summed E-state index contributed by atoms with van der Waals surface area (Å²) in [5, 5.41) is 0. The summed E-state index contributed by atoms with van der Waals surface area (Å²) in [5.74, 6) is 0. The molecule has 0 saturated carbocycles. The maximum Gasteiger partial charge on any atom is 0.0781 e. The fraction of sp³-hybridized carbons (Fsp3) is 0.500. The Morgan fingerprint density at radius 3 is 1.86 bits per heavy atom. The smallest absolute Gasteiger partial charge is 0.0781 e. The van der Waals surface area contributed by atoms with Crippen molar-refractivity contribution in [3.8, 4) is 0 Å². The van der Waals surface area contributed by atoms with Crippen molar-refractivity contribution in [2.45, 2.75) is 19.6 Å². The Bertz CT molecular complexity index is 91.2. The van der Waals surface area contributed by atoms with E-state index in [4.69, 9.17) is 0 Å². The zero-order chi connectivity index (χ0) is 5.91. The van der Waals surface area contributed by atoms with Gasteiger partial charge in [0.25, 0.3) is 0 Å². The van der Waals surface area contributed by atoms with Gasteiger partial charge in [-0.1, -0.05) is 31.9 Å². The third-order valence-corrected chi connectivity index (χ3v) is 1.61. The van der Waals surface area contributed by atoms with E-state index in [1.807, 2.05) is 0 Å². The van der Waals surface area contributed by atoms with Gasteiger partial charge >= 0.3 is 0 Å². The molecule has 0 aromatic carbocycles. The van der Waals surface area contributed by atoms with Gasteiger partial charge in [-0.2, -0.15) is 0 Å². The van der Waals surface area contributed by atoms with E-state index in [1.165, 1.54) is 0 Å². The van der Waals surface area contributed by atoms with Crippen molar-refractivity contribution in [2.24, 2.45) is 0 Å². The average Bonchev–Trinajstić information content (AvgIpc) is 1.30. The van der Waals surface area contributed by atoms with Gasteiger partial charge in [-0.15, -0.1) is 5.73 Å². The van der Waals surface area contributed by atoms with Crippen LogP contribution in [0.4, 0.5) is 0 Å². The number of hydrogen-bond donors (Lipinski definition) is 0. The van der Waals surface area contributed by atoms with Crippen LogP contribution in [0.1, 0.15) is 0 Å². The lowest BCUT2D eigenvalue weighted by Gasteiger charge is -2.04. The van der Waals surface area contributed by atoms with Gasteiger partial charge in [0.1, 0.15) is 0 Å². The molecule has 0 aliphatic carbocycles. The van der Waals surface area contributed by atoms with Gasteiger partial charge in [0.15, 0.2) is 0 Å². The van der Waals surface area contributed by atoms with Gasteiger partial charge < -0.3 is 0 Å². The normalized spacial score (nSPS) is 10.1. The van der Waals surface area contributed by atoms with E-state index in [0.29, 0.717) is 0 Å². The molecule has 0 fully saturated rings. The largest absolute Gasteiger partial charge is 0.137 e. The summed E-state index contributed by atoms with van der Waals surface area (Å²) in [4.78, 5) is 0. The molecule has 0 aromatic rings. The highest BCUT2D eigenvalue weighted by Gasteiger charge is 2.05. The quantitative estimate of drug-likeness (QED) is 0.360. The fourth-order valence-corrected chi connectivity index (χ4v) is 0.919. The van der Waals surface area contributed by atoms with Crippen LogP contribution >= 0.6 is 0 Å². The van der Waals surface area contributed by atoms with Gasteiger partial charge in [-0.3, -0.25) is 0 Å². The minimum absolute atomic E-state index is 0.956. The van der Waals surface area contributed by atoms with Crippen molar-refractivity contribution in [3.63, 3.8) is 0 Å². The lowest BCUT2D eigenvalue weighted by molar-refractivity contribution is 1.78. The van der Waals surface area contributed by atoms with E-state index < -0.39 is 8.07 Å². The third-order valence-electron chi connectivity index (χ3n) is 0.535. The average molecular weight is 112 g/mol. The molecular formula is C6H12Si. The Morgan fingerprint density at radius 2 is 1.86 bits per heavy atom. The van der Waals surface area contributed by atoms with Gasteiger partial charge in [-0.25, -0.2) is 0 Å². The zero-order valence-corrected chi connectivity index (χ0v) is 6.28. The van der Waals surface area contributed by atoms with E-state index in [1.54, 1.807) is 0 Å². The van der Waals surface area contributed by atoms with Crippen LogP contribution in [0.15, 0.2) is 18.0 Å². The molecule has 0 N–H and O–H groups in total. The molecular weight excluding hydrogens is 100 g/mol. The molecule has 0 aromatic heterocycles. The van der Waals surface area contributed by atoms with Crippen molar-refractivity contribution >= 4 is 8.07 Å². The van der Waals surface area contributed by atoms with Gasteiger partial charge in [0.05, 0.1) is 8.07 Å². The summed E-state index contributed by atoms with van der Waals surface area (Å²) in [6.45, 7) is 10.3. The van der Waals surface area contributed by atoms with E-state index in [-0.39, 0.29) is 0 Å². The van der Waals surface area contributed by atoms with Crippen LogP contribution in [0.25, 0.3) is 0 Å². The van der Waals surface area contributed by atoms with Crippen LogP contribution in [0.3, 0.4) is 0 Å². The first kappa shape index (κ1) is 6.74. The molecule has 0 atom stereocenters. The maximum atomic E-state index is 3.50. The molecule has 0 unspecified atom stereocenters. The van der Waals surface area contributed by atoms with E-state index in [2.05, 4.69) is 37.7 Å². The van der Waals surface area contributed by atoms with Gasteiger partial charge in [-0.05, 0) is 0 Å². The fourth-order valence-electron chi connectivity index (χ4n) is 0.306. The highest BCUT2D eigenvalue weighted by atomic mass is 28.3. The molecule has 0 aliphatic heterocycles. The highest BCUT2D eigenvalue weighted by molar-refractivity contribution is 6.80. The van der Waals surface area contributed by atoms with Crippen LogP contribution in [-0.2, 0) is 0 Å². The second-order valence-electron chi connectivity index (χ2n) is 2.71. The highest BCUT2D eigenvalue weighted by Crippen LogP contribution is 1.98. The van der Waals surface area contributed by atoms with Crippen LogP contribution in [0.5, 0.6) is 0 Å². The van der Waals surface area contributed by atoms with E-state index in [9.17, 15) is 0 Å². The summed E-state index contributed by atoms with van der Waals surface area (Å²) < 4.78 is 0. The predicted molar refractivity (Wildman–Crippen MR) is 37.1 cm³/mol. The Morgan fingerprint density at radius 1 is 1.43 bits per heavy atom. The Hall–Kier alpha value is -0.263. The molecule has 0 nitrogen and oxygen atoms in total. The topological polar surface area (TPSA) is 0 Å². The molecule has 7 heavy (non-hydrogen) atoms. The molecule has 0 saturated heterocycles. The third kappa shape index (κ3) is 5.74. The minimum atomic E-state index is -0.956. The molecule has 0 radical (unpaired) electrons. The number of hydrogen-bond acceptors (Lipinski definition) is 0. The van der Waals surface area contributed by atoms with Crippen LogP contribution in [0.2, 0.25) is 19.6 Å². The van der Waals surface area contributed by atoms with Crippen LogP contribution < -0.4 is 0 Å². The first-order valence-electron chi connectivity index (χ1n) is 2.43. The second kappa shape index (κ2) is 2.15. The molecule has 0 rings (SSSR count). The summed E-state index contributed by atoms with van der Waals surface area (Å²) >= 11 is 0. The SMILES string of the molecule is C=C=C[Si](C)(C)C. The van der Waals surface area contributed by atoms with Gasteiger partial charge in [0, 0.05) is 0 Å². The molecule has 0 bridgehead atoms. The summed E-state index contributed by atoms with van der Waals surface area (Å²) in [5.41, 5.74) is 4.88. The van der Waals surface area contributed by atoms with Crippen molar-refractivity contribution in [1.29, 1.82) is 0 Å².